The topological polar surface area (TPSA) is 12.0 Å². The van der Waals surface area contributed by atoms with Crippen molar-refractivity contribution in [2.24, 2.45) is 0 Å². The van der Waals surface area contributed by atoms with Crippen LogP contribution in [0.4, 0.5) is 0 Å². The summed E-state index contributed by atoms with van der Waals surface area (Å²) in [6.07, 6.45) is 9.33. The average Bonchev–Trinajstić information content (AvgIpc) is 2.82. The first kappa shape index (κ1) is 10.3. The Morgan fingerprint density at radius 3 is 2.75 bits per heavy atom. The van der Waals surface area contributed by atoms with Gasteiger partial charge in [-0.05, 0) is 68.2 Å². The summed E-state index contributed by atoms with van der Waals surface area (Å²) in [5.74, 6) is 0. The standard InChI is InChI=1S/C15H21N/c1-2-5-14-10-12(7-8-13(14)4-1)11-15-6-3-9-16-15/h7-8,10,15-16H,1-6,9,11H2/t15-/m0/s1. The predicted molar refractivity (Wildman–Crippen MR) is 67.8 cm³/mol. The van der Waals surface area contributed by atoms with Crippen molar-refractivity contribution < 1.29 is 0 Å². The molecule has 1 heterocycles. The van der Waals surface area contributed by atoms with Crippen LogP contribution in [-0.4, -0.2) is 12.6 Å². The summed E-state index contributed by atoms with van der Waals surface area (Å²) in [6.45, 7) is 1.22. The van der Waals surface area contributed by atoms with Crippen LogP contribution in [0.3, 0.4) is 0 Å². The summed E-state index contributed by atoms with van der Waals surface area (Å²) in [6, 6.07) is 7.93. The second-order valence-corrected chi connectivity index (χ2v) is 5.31. The summed E-state index contributed by atoms with van der Waals surface area (Å²) in [5.41, 5.74) is 4.77. The van der Waals surface area contributed by atoms with E-state index in [1.807, 2.05) is 0 Å². The Morgan fingerprint density at radius 1 is 1.06 bits per heavy atom. The van der Waals surface area contributed by atoms with Crippen molar-refractivity contribution in [1.29, 1.82) is 0 Å². The van der Waals surface area contributed by atoms with Crippen molar-refractivity contribution in [1.82, 2.24) is 5.32 Å². The van der Waals surface area contributed by atoms with Gasteiger partial charge in [-0.25, -0.2) is 0 Å². The molecule has 0 radical (unpaired) electrons. The van der Waals surface area contributed by atoms with Crippen LogP contribution in [0.2, 0.25) is 0 Å². The lowest BCUT2D eigenvalue weighted by Crippen LogP contribution is -2.23. The minimum absolute atomic E-state index is 0.738. The molecule has 1 aromatic carbocycles. The molecule has 1 aromatic rings. The molecule has 1 heteroatoms. The highest BCUT2D eigenvalue weighted by molar-refractivity contribution is 5.34. The van der Waals surface area contributed by atoms with Gasteiger partial charge in [0.05, 0.1) is 0 Å². The molecule has 1 aliphatic heterocycles. The fraction of sp³-hybridized carbons (Fsp3) is 0.600. The molecule has 1 fully saturated rings. The zero-order valence-electron chi connectivity index (χ0n) is 9.97. The van der Waals surface area contributed by atoms with Crippen LogP contribution in [0.25, 0.3) is 0 Å². The van der Waals surface area contributed by atoms with Gasteiger partial charge in [0, 0.05) is 6.04 Å². The lowest BCUT2D eigenvalue weighted by Gasteiger charge is -2.18. The molecule has 1 atom stereocenters. The van der Waals surface area contributed by atoms with Crippen molar-refractivity contribution in [3.8, 4) is 0 Å². The largest absolute Gasteiger partial charge is 0.314 e. The molecule has 1 nitrogen and oxygen atoms in total. The molecule has 2 aliphatic rings. The van der Waals surface area contributed by atoms with Gasteiger partial charge in [-0.15, -0.1) is 0 Å². The molecule has 1 saturated heterocycles. The molecule has 0 aromatic heterocycles. The fourth-order valence-electron chi connectivity index (χ4n) is 3.13. The maximum atomic E-state index is 3.59. The van der Waals surface area contributed by atoms with E-state index in [4.69, 9.17) is 0 Å². The molecule has 0 bridgehead atoms. The van der Waals surface area contributed by atoms with Gasteiger partial charge < -0.3 is 5.32 Å². The van der Waals surface area contributed by atoms with Crippen LogP contribution < -0.4 is 5.32 Å². The highest BCUT2D eigenvalue weighted by Gasteiger charge is 2.15. The SMILES string of the molecule is c1cc2c(cc1C[C@@H]1CCCN1)CCCC2. The third-order valence-electron chi connectivity index (χ3n) is 4.06. The molecule has 0 saturated carbocycles. The number of nitrogens with one attached hydrogen (secondary N) is 1. The summed E-state index contributed by atoms with van der Waals surface area (Å²) in [4.78, 5) is 0. The normalized spacial score (nSPS) is 24.4. The Kier molecular flexibility index (Phi) is 2.96. The third-order valence-corrected chi connectivity index (χ3v) is 4.06. The maximum Gasteiger partial charge on any atom is 0.0108 e. The average molecular weight is 215 g/mol. The first-order chi connectivity index (χ1) is 7.92. The van der Waals surface area contributed by atoms with E-state index in [1.54, 1.807) is 16.7 Å². The number of aryl methyl sites for hydroxylation is 2. The minimum atomic E-state index is 0.738. The Hall–Kier alpha value is -0.820. The van der Waals surface area contributed by atoms with Crippen LogP contribution in [0.15, 0.2) is 18.2 Å². The zero-order chi connectivity index (χ0) is 10.8. The summed E-state index contributed by atoms with van der Waals surface area (Å²) in [5, 5.41) is 3.59. The van der Waals surface area contributed by atoms with Crippen LogP contribution in [0.1, 0.15) is 42.4 Å². The van der Waals surface area contributed by atoms with Gasteiger partial charge in [-0.1, -0.05) is 18.2 Å². The maximum absolute atomic E-state index is 3.59. The van der Waals surface area contributed by atoms with Crippen molar-refractivity contribution in [2.45, 2.75) is 51.0 Å². The quantitative estimate of drug-likeness (QED) is 0.800. The first-order valence-corrected chi connectivity index (χ1v) is 6.76. The van der Waals surface area contributed by atoms with E-state index < -0.39 is 0 Å². The number of hydrogen-bond donors (Lipinski definition) is 1. The van der Waals surface area contributed by atoms with E-state index in [0.717, 1.165) is 6.04 Å². The van der Waals surface area contributed by atoms with Crippen LogP contribution in [0.5, 0.6) is 0 Å². The summed E-state index contributed by atoms with van der Waals surface area (Å²) < 4.78 is 0. The van der Waals surface area contributed by atoms with Crippen molar-refractivity contribution in [3.05, 3.63) is 34.9 Å². The molecule has 1 N–H and O–H groups in total. The van der Waals surface area contributed by atoms with Gasteiger partial charge in [0.1, 0.15) is 0 Å². The summed E-state index contributed by atoms with van der Waals surface area (Å²) >= 11 is 0. The molecule has 86 valence electrons. The first-order valence-electron chi connectivity index (χ1n) is 6.76. The summed E-state index contributed by atoms with van der Waals surface area (Å²) in [7, 11) is 0. The Balaban J connectivity index is 1.74. The van der Waals surface area contributed by atoms with Crippen LogP contribution in [-0.2, 0) is 19.3 Å². The van der Waals surface area contributed by atoms with Crippen molar-refractivity contribution in [3.63, 3.8) is 0 Å². The van der Waals surface area contributed by atoms with E-state index in [2.05, 4.69) is 23.5 Å². The number of benzene rings is 1. The highest BCUT2D eigenvalue weighted by Crippen LogP contribution is 2.23. The van der Waals surface area contributed by atoms with Gasteiger partial charge >= 0.3 is 0 Å². The molecule has 1 aliphatic carbocycles. The molecule has 16 heavy (non-hydrogen) atoms. The Labute approximate surface area is 98.3 Å². The molecule has 0 spiro atoms. The predicted octanol–water partition coefficient (Wildman–Crippen LogP) is 2.86. The second-order valence-electron chi connectivity index (χ2n) is 5.31. The zero-order valence-corrected chi connectivity index (χ0v) is 9.97. The van der Waals surface area contributed by atoms with Gasteiger partial charge in [-0.3, -0.25) is 0 Å². The van der Waals surface area contributed by atoms with Crippen LogP contribution in [0, 0.1) is 0 Å². The van der Waals surface area contributed by atoms with Gasteiger partial charge in [0.2, 0.25) is 0 Å². The molecular weight excluding hydrogens is 194 g/mol. The second kappa shape index (κ2) is 4.58. The Morgan fingerprint density at radius 2 is 1.94 bits per heavy atom. The van der Waals surface area contributed by atoms with Gasteiger partial charge in [0.25, 0.3) is 0 Å². The number of fused-ring (bicyclic) bond motifs is 1. The lowest BCUT2D eigenvalue weighted by atomic mass is 9.89. The van der Waals surface area contributed by atoms with E-state index in [1.165, 1.54) is 51.5 Å². The van der Waals surface area contributed by atoms with Crippen molar-refractivity contribution >= 4 is 0 Å². The van der Waals surface area contributed by atoms with E-state index in [9.17, 15) is 0 Å². The Bertz CT molecular complexity index is 364. The lowest BCUT2D eigenvalue weighted by molar-refractivity contribution is 0.601. The smallest absolute Gasteiger partial charge is 0.0108 e. The molecular formula is C15H21N. The van der Waals surface area contributed by atoms with E-state index >= 15 is 0 Å². The van der Waals surface area contributed by atoms with E-state index in [-0.39, 0.29) is 0 Å². The van der Waals surface area contributed by atoms with E-state index in [0.29, 0.717) is 0 Å². The minimum Gasteiger partial charge on any atom is -0.314 e. The third kappa shape index (κ3) is 2.15. The number of hydrogen-bond acceptors (Lipinski definition) is 1. The van der Waals surface area contributed by atoms with Crippen molar-refractivity contribution in [2.75, 3.05) is 6.54 Å². The monoisotopic (exact) mass is 215 g/mol. The fourth-order valence-corrected chi connectivity index (χ4v) is 3.13. The molecule has 0 unspecified atom stereocenters. The van der Waals surface area contributed by atoms with Gasteiger partial charge in [0.15, 0.2) is 0 Å². The molecule has 0 amide bonds. The number of rotatable bonds is 2. The molecule has 3 rings (SSSR count). The van der Waals surface area contributed by atoms with Crippen LogP contribution >= 0.6 is 0 Å². The highest BCUT2D eigenvalue weighted by atomic mass is 14.9. The van der Waals surface area contributed by atoms with Gasteiger partial charge in [-0.2, -0.15) is 0 Å².